The molecule has 37 heavy (non-hydrogen) atoms. The molecule has 0 atom stereocenters. The fraction of sp³-hybridized carbons (Fsp3) is 0. The molecule has 0 bridgehead atoms. The van der Waals surface area contributed by atoms with E-state index in [1.807, 2.05) is 30.3 Å². The van der Waals surface area contributed by atoms with Crippen LogP contribution in [-0.4, -0.2) is 25.7 Å². The van der Waals surface area contributed by atoms with E-state index in [1.54, 1.807) is 24.3 Å². The number of rotatable bonds is 7. The van der Waals surface area contributed by atoms with Gasteiger partial charge in [-0.3, -0.25) is 25.0 Å². The molecule has 0 aliphatic rings. The second-order valence-electron chi connectivity index (χ2n) is 7.63. The Labute approximate surface area is 216 Å². The molecule has 2 aromatic heterocycles. The Hall–Kier alpha value is -4.68. The molecule has 5 aromatic rings. The zero-order chi connectivity index (χ0) is 25.9. The van der Waals surface area contributed by atoms with E-state index in [1.165, 1.54) is 59.9 Å². The van der Waals surface area contributed by atoms with Gasteiger partial charge in [-0.05, 0) is 11.6 Å². The quantitative estimate of drug-likeness (QED) is 0.144. The number of fused-ring (bicyclic) bond motifs is 1. The van der Waals surface area contributed by atoms with E-state index in [4.69, 9.17) is 0 Å². The number of thiophene rings is 1. The lowest BCUT2D eigenvalue weighted by molar-refractivity contribution is -0.387. The number of benzene rings is 3. The van der Waals surface area contributed by atoms with Gasteiger partial charge in [-0.2, -0.15) is 9.78 Å². The number of nitrogens with zero attached hydrogens (tertiary/aromatic N) is 5. The van der Waals surface area contributed by atoms with E-state index >= 15 is 0 Å². The molecule has 0 saturated carbocycles. The van der Waals surface area contributed by atoms with Gasteiger partial charge >= 0.3 is 0 Å². The summed E-state index contributed by atoms with van der Waals surface area (Å²) in [5, 5.41) is 27.1. The van der Waals surface area contributed by atoms with Crippen LogP contribution in [0.3, 0.4) is 0 Å². The molecule has 10 nitrogen and oxygen atoms in total. The van der Waals surface area contributed by atoms with Gasteiger partial charge in [0.15, 0.2) is 0 Å². The number of aromatic nitrogens is 2. The third-order valence-corrected chi connectivity index (χ3v) is 7.65. The molecule has 3 aromatic carbocycles. The highest BCUT2D eigenvalue weighted by molar-refractivity contribution is 8.01. The molecule has 0 N–H and O–H groups in total. The summed E-state index contributed by atoms with van der Waals surface area (Å²) in [7, 11) is 0. The molecule has 0 aliphatic heterocycles. The normalized spacial score (nSPS) is 11.2. The van der Waals surface area contributed by atoms with E-state index in [9.17, 15) is 25.0 Å². The largest absolute Gasteiger partial charge is 0.283 e. The Bertz CT molecular complexity index is 1750. The molecule has 0 unspecified atom stereocenters. The van der Waals surface area contributed by atoms with Crippen molar-refractivity contribution in [3.8, 4) is 11.1 Å². The van der Waals surface area contributed by atoms with Crippen LogP contribution in [0.15, 0.2) is 104 Å². The molecule has 5 rings (SSSR count). The average molecular weight is 530 g/mol. The number of nitro benzene ring substituents is 2. The summed E-state index contributed by atoms with van der Waals surface area (Å²) in [5.41, 5.74) is 1.26. The van der Waals surface area contributed by atoms with Gasteiger partial charge in [-0.25, -0.2) is 4.98 Å². The average Bonchev–Trinajstić information content (AvgIpc) is 3.28. The van der Waals surface area contributed by atoms with E-state index in [2.05, 4.69) is 10.1 Å². The Kier molecular flexibility index (Phi) is 6.58. The van der Waals surface area contributed by atoms with E-state index in [0.29, 0.717) is 30.4 Å². The summed E-state index contributed by atoms with van der Waals surface area (Å²) in [6.07, 6.45) is 2.63. The summed E-state index contributed by atoms with van der Waals surface area (Å²) in [5.74, 6) is 0. The standard InChI is InChI=1S/C25H15N5O5S2/c31-24-22-21(17-8-2-1-3-9-17)25(36-20-12-5-4-11-19(20)30(34)35)37-23(22)26-15-28(24)27-14-16-7-6-10-18(13-16)29(32)33/h1-15H. The maximum Gasteiger partial charge on any atom is 0.283 e. The third kappa shape index (κ3) is 4.87. The lowest BCUT2D eigenvalue weighted by Crippen LogP contribution is -2.16. The van der Waals surface area contributed by atoms with Crippen molar-refractivity contribution in [1.29, 1.82) is 0 Å². The van der Waals surface area contributed by atoms with Gasteiger partial charge in [0.1, 0.15) is 11.2 Å². The first kappa shape index (κ1) is 24.0. The summed E-state index contributed by atoms with van der Waals surface area (Å²) in [6.45, 7) is 0. The van der Waals surface area contributed by atoms with Crippen LogP contribution >= 0.6 is 23.1 Å². The topological polar surface area (TPSA) is 134 Å². The van der Waals surface area contributed by atoms with Crippen LogP contribution in [0.4, 0.5) is 11.4 Å². The predicted molar refractivity (Wildman–Crippen MR) is 143 cm³/mol. The number of hydrogen-bond donors (Lipinski definition) is 0. The molecule has 182 valence electrons. The molecule has 0 amide bonds. The number of non-ortho nitro benzene ring substituents is 1. The maximum atomic E-state index is 13.6. The third-order valence-electron chi connectivity index (χ3n) is 5.30. The van der Waals surface area contributed by atoms with Crippen LogP contribution in [-0.2, 0) is 0 Å². The molecule has 0 saturated heterocycles. The minimum Gasteiger partial charge on any atom is -0.267 e. The summed E-state index contributed by atoms with van der Waals surface area (Å²) in [4.78, 5) is 40.5. The van der Waals surface area contributed by atoms with Crippen molar-refractivity contribution in [2.75, 3.05) is 0 Å². The Balaban J connectivity index is 1.65. The number of para-hydroxylation sites is 1. The van der Waals surface area contributed by atoms with Gasteiger partial charge in [0.25, 0.3) is 16.9 Å². The smallest absolute Gasteiger partial charge is 0.267 e. The van der Waals surface area contributed by atoms with Crippen molar-refractivity contribution >= 4 is 50.9 Å². The minimum atomic E-state index is -0.509. The van der Waals surface area contributed by atoms with Crippen LogP contribution in [0.25, 0.3) is 21.3 Å². The van der Waals surface area contributed by atoms with Gasteiger partial charge in [-0.15, -0.1) is 11.3 Å². The maximum absolute atomic E-state index is 13.6. The van der Waals surface area contributed by atoms with Gasteiger partial charge in [0.05, 0.1) is 30.6 Å². The highest BCUT2D eigenvalue weighted by Gasteiger charge is 2.23. The lowest BCUT2D eigenvalue weighted by atomic mass is 10.1. The highest BCUT2D eigenvalue weighted by Crippen LogP contribution is 2.46. The number of nitro groups is 2. The molecule has 12 heteroatoms. The SMILES string of the molecule is O=c1c2c(-c3ccccc3)c(Sc3ccccc3[N+](=O)[O-])sc2ncn1N=Cc1cccc([N+](=O)[O-])c1. The Morgan fingerprint density at radius 3 is 2.46 bits per heavy atom. The summed E-state index contributed by atoms with van der Waals surface area (Å²) < 4.78 is 1.75. The van der Waals surface area contributed by atoms with Crippen molar-refractivity contribution in [1.82, 2.24) is 9.66 Å². The lowest BCUT2D eigenvalue weighted by Gasteiger charge is -2.06. The predicted octanol–water partition coefficient (Wildman–Crippen LogP) is 5.97. The monoisotopic (exact) mass is 529 g/mol. The first-order valence-electron chi connectivity index (χ1n) is 10.7. The molecule has 0 spiro atoms. The van der Waals surface area contributed by atoms with Gasteiger partial charge < -0.3 is 0 Å². The van der Waals surface area contributed by atoms with E-state index in [0.717, 1.165) is 10.2 Å². The molecular formula is C25H15N5O5S2. The van der Waals surface area contributed by atoms with Crippen LogP contribution in [0.5, 0.6) is 0 Å². The Morgan fingerprint density at radius 2 is 1.70 bits per heavy atom. The van der Waals surface area contributed by atoms with Crippen LogP contribution in [0, 0.1) is 20.2 Å². The fourth-order valence-electron chi connectivity index (χ4n) is 3.63. The molecular weight excluding hydrogens is 514 g/mol. The van der Waals surface area contributed by atoms with Crippen LogP contribution in [0.2, 0.25) is 0 Å². The molecule has 2 heterocycles. The van der Waals surface area contributed by atoms with E-state index in [-0.39, 0.29) is 11.4 Å². The molecule has 0 aliphatic carbocycles. The fourth-order valence-corrected chi connectivity index (χ4v) is 6.10. The van der Waals surface area contributed by atoms with Crippen molar-refractivity contribution in [3.05, 3.63) is 121 Å². The summed E-state index contributed by atoms with van der Waals surface area (Å²) in [6, 6.07) is 21.5. The second kappa shape index (κ2) is 10.1. The second-order valence-corrected chi connectivity index (χ2v) is 9.94. The van der Waals surface area contributed by atoms with Crippen molar-refractivity contribution in [2.24, 2.45) is 5.10 Å². The van der Waals surface area contributed by atoms with Gasteiger partial charge in [-0.1, -0.05) is 66.4 Å². The number of hydrogen-bond acceptors (Lipinski definition) is 9. The highest BCUT2D eigenvalue weighted by atomic mass is 32.2. The van der Waals surface area contributed by atoms with Crippen LogP contribution < -0.4 is 5.56 Å². The van der Waals surface area contributed by atoms with Crippen LogP contribution in [0.1, 0.15) is 5.56 Å². The first-order valence-corrected chi connectivity index (χ1v) is 12.4. The zero-order valence-electron chi connectivity index (χ0n) is 18.8. The molecule has 0 fully saturated rings. The summed E-state index contributed by atoms with van der Waals surface area (Å²) >= 11 is 2.47. The first-order chi connectivity index (χ1) is 17.9. The van der Waals surface area contributed by atoms with Gasteiger partial charge in [0, 0.05) is 29.3 Å². The Morgan fingerprint density at radius 1 is 0.946 bits per heavy atom. The minimum absolute atomic E-state index is 0.0316. The van der Waals surface area contributed by atoms with Gasteiger partial charge in [0.2, 0.25) is 0 Å². The molecule has 0 radical (unpaired) electrons. The van der Waals surface area contributed by atoms with E-state index < -0.39 is 15.4 Å². The van der Waals surface area contributed by atoms with Crippen molar-refractivity contribution < 1.29 is 9.85 Å². The van der Waals surface area contributed by atoms with Crippen molar-refractivity contribution in [2.45, 2.75) is 9.10 Å². The van der Waals surface area contributed by atoms with Crippen molar-refractivity contribution in [3.63, 3.8) is 0 Å². The zero-order valence-corrected chi connectivity index (χ0v) is 20.4.